The van der Waals surface area contributed by atoms with Crippen molar-refractivity contribution in [2.45, 2.75) is 24.2 Å². The van der Waals surface area contributed by atoms with Crippen LogP contribution in [-0.2, 0) is 19.6 Å². The monoisotopic (exact) mass is 340 g/mol. The van der Waals surface area contributed by atoms with Gasteiger partial charge in [-0.15, -0.1) is 0 Å². The Kier molecular flexibility index (Phi) is 5.73. The van der Waals surface area contributed by atoms with Crippen molar-refractivity contribution >= 4 is 21.9 Å². The van der Waals surface area contributed by atoms with Gasteiger partial charge in [-0.05, 0) is 31.0 Å². The Bertz CT molecular complexity index is 681. The van der Waals surface area contributed by atoms with Crippen LogP contribution >= 0.6 is 0 Å². The fourth-order valence-corrected chi connectivity index (χ4v) is 3.89. The molecule has 0 spiro atoms. The third-order valence-corrected chi connectivity index (χ3v) is 5.53. The van der Waals surface area contributed by atoms with Gasteiger partial charge in [-0.2, -0.15) is 4.31 Å². The highest BCUT2D eigenvalue weighted by Crippen LogP contribution is 2.21. The minimum atomic E-state index is -3.61. The fourth-order valence-electron chi connectivity index (χ4n) is 2.32. The van der Waals surface area contributed by atoms with Crippen molar-refractivity contribution in [1.29, 1.82) is 0 Å². The molecular formula is C15H20N2O5S. The molecule has 7 nitrogen and oxygen atoms in total. The second-order valence-electron chi connectivity index (χ2n) is 5.24. The number of nitrogens with zero attached hydrogens (tertiary/aromatic N) is 1. The summed E-state index contributed by atoms with van der Waals surface area (Å²) in [5.41, 5.74) is 0.104. The number of likely N-dealkylation sites (N-methyl/N-ethyl adjacent to an activating group) is 1. The second kappa shape index (κ2) is 7.56. The van der Waals surface area contributed by atoms with Crippen molar-refractivity contribution < 1.29 is 22.7 Å². The Labute approximate surface area is 135 Å². The zero-order valence-electron chi connectivity index (χ0n) is 12.9. The van der Waals surface area contributed by atoms with Crippen molar-refractivity contribution in [2.24, 2.45) is 0 Å². The van der Waals surface area contributed by atoms with Crippen LogP contribution in [0.2, 0.25) is 0 Å². The van der Waals surface area contributed by atoms with Crippen molar-refractivity contribution in [3.8, 4) is 0 Å². The van der Waals surface area contributed by atoms with Gasteiger partial charge in [0.2, 0.25) is 10.0 Å². The molecule has 1 saturated heterocycles. The zero-order chi connectivity index (χ0) is 16.9. The van der Waals surface area contributed by atoms with E-state index in [1.807, 2.05) is 0 Å². The average Bonchev–Trinajstić information content (AvgIpc) is 2.60. The summed E-state index contributed by atoms with van der Waals surface area (Å²) in [5.74, 6) is -1.17. The molecule has 23 heavy (non-hydrogen) atoms. The van der Waals surface area contributed by atoms with E-state index in [0.29, 0.717) is 13.1 Å². The number of sulfonamides is 1. The van der Waals surface area contributed by atoms with Gasteiger partial charge in [-0.25, -0.2) is 13.2 Å². The Hall–Kier alpha value is -1.93. The van der Waals surface area contributed by atoms with Crippen molar-refractivity contribution in [3.05, 3.63) is 29.8 Å². The average molecular weight is 340 g/mol. The molecule has 0 bridgehead atoms. The van der Waals surface area contributed by atoms with Crippen LogP contribution in [0.1, 0.15) is 29.6 Å². The first-order chi connectivity index (χ1) is 10.9. The van der Waals surface area contributed by atoms with E-state index in [-0.39, 0.29) is 10.5 Å². The van der Waals surface area contributed by atoms with Gasteiger partial charge in [0.15, 0.2) is 6.61 Å². The van der Waals surface area contributed by atoms with E-state index in [2.05, 4.69) is 5.32 Å². The summed E-state index contributed by atoms with van der Waals surface area (Å²) in [6.07, 6.45) is 2.71. The highest BCUT2D eigenvalue weighted by atomic mass is 32.2. The van der Waals surface area contributed by atoms with Crippen LogP contribution in [0.4, 0.5) is 0 Å². The summed E-state index contributed by atoms with van der Waals surface area (Å²) >= 11 is 0. The van der Waals surface area contributed by atoms with Crippen LogP contribution in [-0.4, -0.2) is 51.3 Å². The van der Waals surface area contributed by atoms with Crippen LogP contribution in [0.3, 0.4) is 0 Å². The topological polar surface area (TPSA) is 92.8 Å². The highest BCUT2D eigenvalue weighted by Gasteiger charge is 2.26. The summed E-state index contributed by atoms with van der Waals surface area (Å²) in [5, 5.41) is 2.33. The van der Waals surface area contributed by atoms with Gasteiger partial charge < -0.3 is 10.1 Å². The molecule has 1 N–H and O–H groups in total. The molecule has 0 saturated carbocycles. The summed E-state index contributed by atoms with van der Waals surface area (Å²) < 4.78 is 31.4. The Morgan fingerprint density at radius 2 is 1.91 bits per heavy atom. The molecule has 1 aromatic rings. The van der Waals surface area contributed by atoms with E-state index >= 15 is 0 Å². The number of esters is 1. The number of hydrogen-bond acceptors (Lipinski definition) is 5. The zero-order valence-corrected chi connectivity index (χ0v) is 13.8. The minimum Gasteiger partial charge on any atom is -0.452 e. The van der Waals surface area contributed by atoms with Crippen LogP contribution in [0.5, 0.6) is 0 Å². The summed E-state index contributed by atoms with van der Waals surface area (Å²) in [4.78, 5) is 23.1. The standard InChI is InChI=1S/C15H20N2O5S/c1-16-14(18)11-22-15(19)12-6-5-7-13(10-12)23(20,21)17-8-3-2-4-9-17/h5-7,10H,2-4,8-9,11H2,1H3,(H,16,18). The number of amides is 1. The van der Waals surface area contributed by atoms with Gasteiger partial charge in [-0.1, -0.05) is 12.5 Å². The normalized spacial score (nSPS) is 15.9. The third kappa shape index (κ3) is 4.29. The number of nitrogens with one attached hydrogen (secondary N) is 1. The molecular weight excluding hydrogens is 320 g/mol. The summed E-state index contributed by atoms with van der Waals surface area (Å²) in [7, 11) is -2.18. The van der Waals surface area contributed by atoms with E-state index in [9.17, 15) is 18.0 Å². The number of carbonyl (C=O) groups excluding carboxylic acids is 2. The van der Waals surface area contributed by atoms with Gasteiger partial charge in [0.25, 0.3) is 5.91 Å². The molecule has 0 atom stereocenters. The molecule has 2 rings (SSSR count). The Morgan fingerprint density at radius 1 is 1.22 bits per heavy atom. The van der Waals surface area contributed by atoms with Gasteiger partial charge in [0.05, 0.1) is 10.5 Å². The number of ether oxygens (including phenoxy) is 1. The van der Waals surface area contributed by atoms with Gasteiger partial charge in [0.1, 0.15) is 0 Å². The number of hydrogen-bond donors (Lipinski definition) is 1. The maximum Gasteiger partial charge on any atom is 0.338 e. The quantitative estimate of drug-likeness (QED) is 0.799. The van der Waals surface area contributed by atoms with E-state index < -0.39 is 28.5 Å². The molecule has 1 amide bonds. The first-order valence-corrected chi connectivity index (χ1v) is 8.87. The number of carbonyl (C=O) groups is 2. The molecule has 126 valence electrons. The lowest BCUT2D eigenvalue weighted by Crippen LogP contribution is -2.35. The number of rotatable bonds is 5. The Balaban J connectivity index is 2.15. The fraction of sp³-hybridized carbons (Fsp3) is 0.467. The Morgan fingerprint density at radius 3 is 2.57 bits per heavy atom. The predicted octanol–water partition coefficient (Wildman–Crippen LogP) is 0.764. The molecule has 0 aliphatic carbocycles. The second-order valence-corrected chi connectivity index (χ2v) is 7.18. The van der Waals surface area contributed by atoms with E-state index in [4.69, 9.17) is 4.74 Å². The largest absolute Gasteiger partial charge is 0.452 e. The van der Waals surface area contributed by atoms with Gasteiger partial charge in [-0.3, -0.25) is 4.79 Å². The molecule has 0 radical (unpaired) electrons. The van der Waals surface area contributed by atoms with Crippen LogP contribution in [0.25, 0.3) is 0 Å². The molecule has 1 fully saturated rings. The predicted molar refractivity (Wildman–Crippen MR) is 83.4 cm³/mol. The molecule has 8 heteroatoms. The molecule has 1 aromatic carbocycles. The van der Waals surface area contributed by atoms with Crippen molar-refractivity contribution in [1.82, 2.24) is 9.62 Å². The lowest BCUT2D eigenvalue weighted by molar-refractivity contribution is -0.123. The van der Waals surface area contributed by atoms with Crippen molar-refractivity contribution in [2.75, 3.05) is 26.7 Å². The number of piperidine rings is 1. The summed E-state index contributed by atoms with van der Waals surface area (Å²) in [6, 6.07) is 5.70. The lowest BCUT2D eigenvalue weighted by Gasteiger charge is -2.25. The number of benzene rings is 1. The third-order valence-electron chi connectivity index (χ3n) is 3.64. The van der Waals surface area contributed by atoms with Crippen LogP contribution < -0.4 is 5.32 Å². The molecule has 0 aromatic heterocycles. The molecule has 1 heterocycles. The summed E-state index contributed by atoms with van der Waals surface area (Å²) in [6.45, 7) is 0.583. The van der Waals surface area contributed by atoms with E-state index in [1.54, 1.807) is 0 Å². The smallest absolute Gasteiger partial charge is 0.338 e. The van der Waals surface area contributed by atoms with Crippen LogP contribution in [0, 0.1) is 0 Å². The SMILES string of the molecule is CNC(=O)COC(=O)c1cccc(S(=O)(=O)N2CCCCC2)c1. The van der Waals surface area contributed by atoms with Crippen LogP contribution in [0.15, 0.2) is 29.2 Å². The maximum absolute atomic E-state index is 12.6. The molecule has 1 aliphatic heterocycles. The van der Waals surface area contributed by atoms with Gasteiger partial charge >= 0.3 is 5.97 Å². The lowest BCUT2D eigenvalue weighted by atomic mass is 10.2. The van der Waals surface area contributed by atoms with E-state index in [1.165, 1.54) is 35.6 Å². The molecule has 1 aliphatic rings. The van der Waals surface area contributed by atoms with Crippen molar-refractivity contribution in [3.63, 3.8) is 0 Å². The first-order valence-electron chi connectivity index (χ1n) is 7.43. The first kappa shape index (κ1) is 17.4. The van der Waals surface area contributed by atoms with Gasteiger partial charge in [0, 0.05) is 20.1 Å². The maximum atomic E-state index is 12.6. The highest BCUT2D eigenvalue weighted by molar-refractivity contribution is 7.89. The minimum absolute atomic E-state index is 0.0637. The van der Waals surface area contributed by atoms with E-state index in [0.717, 1.165) is 19.3 Å². The molecule has 0 unspecified atom stereocenters.